The van der Waals surface area contributed by atoms with Crippen LogP contribution in [0.5, 0.6) is 0 Å². The van der Waals surface area contributed by atoms with Gasteiger partial charge in [-0.15, -0.1) is 0 Å². The van der Waals surface area contributed by atoms with Crippen molar-refractivity contribution in [3.05, 3.63) is 144 Å². The second-order valence-corrected chi connectivity index (χ2v) is 12.0. The van der Waals surface area contributed by atoms with Crippen molar-refractivity contribution in [1.29, 1.82) is 0 Å². The van der Waals surface area contributed by atoms with E-state index in [1.807, 2.05) is 0 Å². The van der Waals surface area contributed by atoms with E-state index in [9.17, 15) is 0 Å². The van der Waals surface area contributed by atoms with Crippen molar-refractivity contribution in [2.24, 2.45) is 0 Å². The van der Waals surface area contributed by atoms with Gasteiger partial charge >= 0.3 is 0 Å². The maximum atomic E-state index is 6.08. The minimum absolute atomic E-state index is 0.927. The number of furan rings is 1. The monoisotopic (exact) mass is 578 g/mol. The van der Waals surface area contributed by atoms with Crippen LogP contribution in [0, 0.1) is 0 Å². The summed E-state index contributed by atoms with van der Waals surface area (Å²) in [6.45, 7) is 0. The Morgan fingerprint density at radius 1 is 0.556 bits per heavy atom. The van der Waals surface area contributed by atoms with E-state index in [0.29, 0.717) is 0 Å². The van der Waals surface area contributed by atoms with Crippen molar-refractivity contribution >= 4 is 44.4 Å². The van der Waals surface area contributed by atoms with Gasteiger partial charge in [0.25, 0.3) is 0 Å². The number of rotatable bonds is 4. The zero-order valence-corrected chi connectivity index (χ0v) is 24.8. The van der Waals surface area contributed by atoms with Crippen LogP contribution >= 0.6 is 0 Å². The quantitative estimate of drug-likeness (QED) is 0.195. The minimum atomic E-state index is 0.927. The molecule has 3 aromatic heterocycles. The highest BCUT2D eigenvalue weighted by molar-refractivity contribution is 6.04. The van der Waals surface area contributed by atoms with Crippen LogP contribution in [0.2, 0.25) is 0 Å². The second kappa shape index (κ2) is 10.6. The fourth-order valence-electron chi connectivity index (χ4n) is 6.80. The van der Waals surface area contributed by atoms with Gasteiger partial charge in [0.1, 0.15) is 11.3 Å². The molecule has 4 aromatic carbocycles. The topological polar surface area (TPSA) is 38.9 Å². The van der Waals surface area contributed by atoms with Crippen LogP contribution in [-0.4, -0.2) is 9.97 Å². The molecule has 2 aliphatic rings. The van der Waals surface area contributed by atoms with Crippen LogP contribution < -0.4 is 0 Å². The van der Waals surface area contributed by atoms with Crippen LogP contribution in [0.3, 0.4) is 0 Å². The zero-order valence-electron chi connectivity index (χ0n) is 24.8. The lowest BCUT2D eigenvalue weighted by Crippen LogP contribution is -1.92. The van der Waals surface area contributed by atoms with Crippen molar-refractivity contribution in [3.8, 4) is 33.6 Å². The van der Waals surface area contributed by atoms with Crippen LogP contribution in [-0.2, 0) is 6.42 Å². The lowest BCUT2D eigenvalue weighted by molar-refractivity contribution is 0.595. The molecule has 3 heterocycles. The predicted molar refractivity (Wildman–Crippen MR) is 187 cm³/mol. The Morgan fingerprint density at radius 2 is 1.24 bits per heavy atom. The van der Waals surface area contributed by atoms with E-state index in [4.69, 9.17) is 14.4 Å². The first-order valence-electron chi connectivity index (χ1n) is 15.8. The first kappa shape index (κ1) is 25.9. The number of benzene rings is 4. The molecule has 0 unspecified atom stereocenters. The van der Waals surface area contributed by atoms with Crippen LogP contribution in [0.4, 0.5) is 0 Å². The summed E-state index contributed by atoms with van der Waals surface area (Å²) in [6.07, 6.45) is 15.2. The lowest BCUT2D eigenvalue weighted by Gasteiger charge is -2.12. The van der Waals surface area contributed by atoms with E-state index >= 15 is 0 Å². The maximum Gasteiger partial charge on any atom is 0.135 e. The average Bonchev–Trinajstić information content (AvgIpc) is 3.50. The number of pyridine rings is 2. The van der Waals surface area contributed by atoms with Crippen molar-refractivity contribution in [1.82, 2.24) is 9.97 Å². The first-order chi connectivity index (χ1) is 22.3. The number of hydrogen-bond donors (Lipinski definition) is 0. The van der Waals surface area contributed by atoms with Crippen molar-refractivity contribution < 1.29 is 4.42 Å². The molecular weight excluding hydrogens is 548 g/mol. The lowest BCUT2D eigenvalue weighted by atomic mass is 9.95. The van der Waals surface area contributed by atoms with Gasteiger partial charge in [0.2, 0.25) is 0 Å². The van der Waals surface area contributed by atoms with E-state index in [0.717, 1.165) is 81.3 Å². The van der Waals surface area contributed by atoms with Gasteiger partial charge in [0, 0.05) is 32.8 Å². The van der Waals surface area contributed by atoms with Gasteiger partial charge in [-0.3, -0.25) is 0 Å². The van der Waals surface area contributed by atoms with Crippen LogP contribution in [0.25, 0.3) is 78.1 Å². The van der Waals surface area contributed by atoms with Gasteiger partial charge in [-0.1, -0.05) is 97.1 Å². The molecule has 0 atom stereocenters. The van der Waals surface area contributed by atoms with Gasteiger partial charge in [-0.2, -0.15) is 0 Å². The summed E-state index contributed by atoms with van der Waals surface area (Å²) in [6, 6.07) is 36.9. The van der Waals surface area contributed by atoms with Crippen molar-refractivity contribution in [2.45, 2.75) is 25.7 Å². The Kier molecular flexibility index (Phi) is 6.09. The molecule has 45 heavy (non-hydrogen) atoms. The van der Waals surface area contributed by atoms with Gasteiger partial charge in [0.15, 0.2) is 0 Å². The molecule has 0 aliphatic heterocycles. The van der Waals surface area contributed by atoms with Crippen molar-refractivity contribution in [3.63, 3.8) is 0 Å². The number of allylic oxidation sites excluding steroid dienone is 5. The molecule has 0 spiro atoms. The van der Waals surface area contributed by atoms with Crippen molar-refractivity contribution in [2.75, 3.05) is 0 Å². The summed E-state index contributed by atoms with van der Waals surface area (Å²) in [5, 5.41) is 3.41. The molecule has 214 valence electrons. The van der Waals surface area contributed by atoms with Crippen LogP contribution in [0.15, 0.2) is 132 Å². The first-order valence-corrected chi connectivity index (χ1v) is 15.8. The van der Waals surface area contributed by atoms with Gasteiger partial charge in [-0.25, -0.2) is 9.97 Å². The van der Waals surface area contributed by atoms with E-state index < -0.39 is 0 Å². The highest BCUT2D eigenvalue weighted by Crippen LogP contribution is 2.35. The normalized spacial score (nSPS) is 14.3. The Hall–Kier alpha value is -5.54. The number of nitrogens with zero attached hydrogens (tertiary/aromatic N) is 2. The van der Waals surface area contributed by atoms with E-state index in [2.05, 4.69) is 134 Å². The Labute approximate surface area is 261 Å². The fraction of sp³-hybridized carbons (Fsp3) is 0.0952. The van der Waals surface area contributed by atoms with Crippen LogP contribution in [0.1, 0.15) is 36.1 Å². The highest BCUT2D eigenvalue weighted by atomic mass is 16.3. The number of aryl methyl sites for hydroxylation is 1. The summed E-state index contributed by atoms with van der Waals surface area (Å²) in [5.74, 6) is 1.00. The summed E-state index contributed by atoms with van der Waals surface area (Å²) in [7, 11) is 0. The molecule has 0 saturated carbocycles. The molecule has 0 bridgehead atoms. The molecule has 2 aliphatic carbocycles. The summed E-state index contributed by atoms with van der Waals surface area (Å²) in [4.78, 5) is 10.4. The Bertz CT molecular complexity index is 2370. The Balaban J connectivity index is 1.07. The molecule has 0 N–H and O–H groups in total. The van der Waals surface area contributed by atoms with Gasteiger partial charge in [0.05, 0.1) is 22.4 Å². The molecule has 7 aromatic rings. The summed E-state index contributed by atoms with van der Waals surface area (Å²) in [5.41, 5.74) is 13.3. The third-order valence-corrected chi connectivity index (χ3v) is 9.23. The van der Waals surface area contributed by atoms with E-state index in [1.54, 1.807) is 0 Å². The predicted octanol–water partition coefficient (Wildman–Crippen LogP) is 11.2. The molecule has 0 fully saturated rings. The minimum Gasteiger partial charge on any atom is -0.456 e. The summed E-state index contributed by atoms with van der Waals surface area (Å²) >= 11 is 0. The molecule has 3 nitrogen and oxygen atoms in total. The number of aromatic nitrogens is 2. The molecule has 0 amide bonds. The smallest absolute Gasteiger partial charge is 0.135 e. The van der Waals surface area contributed by atoms with Gasteiger partial charge < -0.3 is 4.42 Å². The Morgan fingerprint density at radius 3 is 2.02 bits per heavy atom. The number of fused-ring (bicyclic) bond motifs is 6. The van der Waals surface area contributed by atoms with Gasteiger partial charge in [-0.05, 0) is 84.4 Å². The molecule has 3 heteroatoms. The molecule has 9 rings (SSSR count). The molecule has 0 saturated heterocycles. The maximum absolute atomic E-state index is 6.08. The number of hydrogen-bond acceptors (Lipinski definition) is 3. The van der Waals surface area contributed by atoms with E-state index in [-0.39, 0.29) is 0 Å². The average molecular weight is 579 g/mol. The third kappa shape index (κ3) is 4.60. The highest BCUT2D eigenvalue weighted by Gasteiger charge is 2.16. The molecular formula is C42H30N2O. The molecule has 0 radical (unpaired) electrons. The second-order valence-electron chi connectivity index (χ2n) is 12.0. The van der Waals surface area contributed by atoms with E-state index in [1.165, 1.54) is 33.2 Å². The fourth-order valence-corrected chi connectivity index (χ4v) is 6.80. The summed E-state index contributed by atoms with van der Waals surface area (Å²) < 4.78 is 6.08. The third-order valence-electron chi connectivity index (χ3n) is 9.23. The standard InChI is InChI=1S/C42H30N2O/c1-2-7-27(8-3-1)32-9-6-10-34(25-32)38-23-20-31-18-17-30-19-22-37(43-41(30)42(31)44-38)29-15-13-28(14-16-29)33-21-24-40-36(26-33)35-11-4-5-12-39(35)45-40/h1-2,5-7,9-10,12-26H,3-4,8,11H2. The zero-order chi connectivity index (χ0) is 29.7. The SMILES string of the molecule is C1=CCCC(c2cccc(-c3ccc4ccc5ccc(-c6ccc(-c7ccc8oc9c(c8c7)CCC=C9)cc6)nc5c4n3)c2)=C1. The largest absolute Gasteiger partial charge is 0.456 e.